The van der Waals surface area contributed by atoms with Crippen LogP contribution >= 0.6 is 11.3 Å². The number of hydrogen-bond acceptors (Lipinski definition) is 7. The van der Waals surface area contributed by atoms with Gasteiger partial charge >= 0.3 is 0 Å². The molecule has 1 atom stereocenters. The topological polar surface area (TPSA) is 63.2 Å². The highest BCUT2D eigenvalue weighted by molar-refractivity contribution is 7.11. The molecule has 0 radical (unpaired) electrons. The fraction of sp³-hybridized carbons (Fsp3) is 0.650. The van der Waals surface area contributed by atoms with Crippen LogP contribution in [-0.4, -0.2) is 41.4 Å². The molecule has 2 aliphatic rings. The molecule has 6 nitrogen and oxygen atoms in total. The maximum absolute atomic E-state index is 5.71. The molecule has 2 aromatic heterocycles. The molecule has 2 aromatic rings. The number of anilines is 1. The van der Waals surface area contributed by atoms with Crippen LogP contribution in [0.2, 0.25) is 0 Å². The number of nitrogens with one attached hydrogen (secondary N) is 1. The lowest BCUT2D eigenvalue weighted by atomic mass is 9.92. The van der Waals surface area contributed by atoms with Crippen LogP contribution < -0.4 is 10.2 Å². The number of rotatable bonds is 6. The van der Waals surface area contributed by atoms with E-state index in [-0.39, 0.29) is 11.5 Å². The zero-order valence-corrected chi connectivity index (χ0v) is 17.3. The van der Waals surface area contributed by atoms with Crippen molar-refractivity contribution < 1.29 is 4.74 Å². The molecule has 0 aliphatic carbocycles. The summed E-state index contributed by atoms with van der Waals surface area (Å²) in [5.74, 6) is 1.66. The molecule has 2 aliphatic heterocycles. The standard InChI is InChI=1S/C20H29N5OS/c1-20(2,3)17-6-7-18(24-23-17)25-12-14(13-25)9-21-10-15-11-22-19(27-15)16-5-4-8-26-16/h6-7,11,14,16,21H,4-5,8-10,12-13H2,1-3H3. The zero-order chi connectivity index (χ0) is 18.9. The van der Waals surface area contributed by atoms with Gasteiger partial charge in [0, 0.05) is 55.2 Å². The predicted octanol–water partition coefficient (Wildman–Crippen LogP) is 3.31. The lowest BCUT2D eigenvalue weighted by Gasteiger charge is -2.40. The van der Waals surface area contributed by atoms with E-state index in [0.29, 0.717) is 5.92 Å². The van der Waals surface area contributed by atoms with E-state index >= 15 is 0 Å². The highest BCUT2D eigenvalue weighted by Crippen LogP contribution is 2.31. The molecule has 0 spiro atoms. The monoisotopic (exact) mass is 387 g/mol. The van der Waals surface area contributed by atoms with Crippen molar-refractivity contribution in [1.82, 2.24) is 20.5 Å². The first kappa shape index (κ1) is 18.8. The van der Waals surface area contributed by atoms with Gasteiger partial charge < -0.3 is 15.0 Å². The Bertz CT molecular complexity index is 742. The number of aromatic nitrogens is 3. The molecule has 4 rings (SSSR count). The summed E-state index contributed by atoms with van der Waals surface area (Å²) in [6, 6.07) is 4.20. The van der Waals surface area contributed by atoms with Crippen molar-refractivity contribution in [2.24, 2.45) is 5.92 Å². The van der Waals surface area contributed by atoms with E-state index in [1.807, 2.05) is 6.20 Å². The Morgan fingerprint density at radius 2 is 2.11 bits per heavy atom. The lowest BCUT2D eigenvalue weighted by Crippen LogP contribution is -2.51. The highest BCUT2D eigenvalue weighted by atomic mass is 32.1. The van der Waals surface area contributed by atoms with Gasteiger partial charge in [0.05, 0.1) is 5.69 Å². The summed E-state index contributed by atoms with van der Waals surface area (Å²) in [6.07, 6.45) is 4.49. The van der Waals surface area contributed by atoms with Gasteiger partial charge in [0.1, 0.15) is 11.1 Å². The maximum atomic E-state index is 5.71. The molecule has 2 saturated heterocycles. The number of nitrogens with zero attached hydrogens (tertiary/aromatic N) is 4. The van der Waals surface area contributed by atoms with Gasteiger partial charge in [-0.3, -0.25) is 0 Å². The van der Waals surface area contributed by atoms with Crippen molar-refractivity contribution in [2.45, 2.75) is 51.7 Å². The molecular formula is C20H29N5OS. The quantitative estimate of drug-likeness (QED) is 0.820. The summed E-state index contributed by atoms with van der Waals surface area (Å²) >= 11 is 1.78. The molecule has 0 aromatic carbocycles. The van der Waals surface area contributed by atoms with Gasteiger partial charge in [0.15, 0.2) is 5.82 Å². The summed E-state index contributed by atoms with van der Waals surface area (Å²) in [5, 5.41) is 13.5. The molecule has 1 N–H and O–H groups in total. The molecule has 0 bridgehead atoms. The summed E-state index contributed by atoms with van der Waals surface area (Å²) in [7, 11) is 0. The van der Waals surface area contributed by atoms with Crippen molar-refractivity contribution in [1.29, 1.82) is 0 Å². The average Bonchev–Trinajstić information content (AvgIpc) is 3.27. The Morgan fingerprint density at radius 1 is 1.26 bits per heavy atom. The number of thiazole rings is 1. The lowest BCUT2D eigenvalue weighted by molar-refractivity contribution is 0.111. The summed E-state index contributed by atoms with van der Waals surface area (Å²) < 4.78 is 5.71. The highest BCUT2D eigenvalue weighted by Gasteiger charge is 2.28. The third-order valence-corrected chi connectivity index (χ3v) is 6.30. The first-order chi connectivity index (χ1) is 13.0. The normalized spacial score (nSPS) is 20.9. The minimum atomic E-state index is 0.0489. The van der Waals surface area contributed by atoms with Crippen LogP contribution in [0, 0.1) is 5.92 Å². The maximum Gasteiger partial charge on any atom is 0.151 e. The largest absolute Gasteiger partial charge is 0.371 e. The molecular weight excluding hydrogens is 358 g/mol. The Kier molecular flexibility index (Phi) is 5.43. The van der Waals surface area contributed by atoms with Gasteiger partial charge in [0.2, 0.25) is 0 Å². The van der Waals surface area contributed by atoms with Gasteiger partial charge in [-0.15, -0.1) is 16.4 Å². The summed E-state index contributed by atoms with van der Waals surface area (Å²) in [5.41, 5.74) is 1.09. The van der Waals surface area contributed by atoms with E-state index in [1.165, 1.54) is 4.88 Å². The third-order valence-electron chi connectivity index (χ3n) is 5.21. The number of ether oxygens (including phenoxy) is 1. The van der Waals surface area contributed by atoms with E-state index in [0.717, 1.165) is 62.1 Å². The van der Waals surface area contributed by atoms with E-state index in [1.54, 1.807) is 11.3 Å². The number of hydrogen-bond donors (Lipinski definition) is 1. The van der Waals surface area contributed by atoms with Gasteiger partial charge in [0.25, 0.3) is 0 Å². The van der Waals surface area contributed by atoms with Gasteiger partial charge in [-0.25, -0.2) is 4.98 Å². The fourth-order valence-electron chi connectivity index (χ4n) is 3.51. The van der Waals surface area contributed by atoms with E-state index in [2.05, 4.69) is 58.3 Å². The van der Waals surface area contributed by atoms with Crippen molar-refractivity contribution in [3.8, 4) is 0 Å². The summed E-state index contributed by atoms with van der Waals surface area (Å²) in [6.45, 7) is 11.4. The van der Waals surface area contributed by atoms with Crippen molar-refractivity contribution in [3.05, 3.63) is 33.9 Å². The average molecular weight is 388 g/mol. The van der Waals surface area contributed by atoms with Crippen molar-refractivity contribution in [3.63, 3.8) is 0 Å². The Labute approximate surface area is 165 Å². The second-order valence-corrected chi connectivity index (χ2v) is 9.74. The van der Waals surface area contributed by atoms with Crippen molar-refractivity contribution in [2.75, 3.05) is 31.1 Å². The van der Waals surface area contributed by atoms with E-state index < -0.39 is 0 Å². The Hall–Kier alpha value is -1.57. The van der Waals surface area contributed by atoms with Crippen LogP contribution in [0.5, 0.6) is 0 Å². The van der Waals surface area contributed by atoms with Crippen LogP contribution in [0.15, 0.2) is 18.3 Å². The van der Waals surface area contributed by atoms with Gasteiger partial charge in [-0.05, 0) is 25.0 Å². The van der Waals surface area contributed by atoms with Crippen LogP contribution in [0.4, 0.5) is 5.82 Å². The van der Waals surface area contributed by atoms with Crippen LogP contribution in [0.25, 0.3) is 0 Å². The third kappa shape index (κ3) is 4.47. The van der Waals surface area contributed by atoms with E-state index in [9.17, 15) is 0 Å². The molecule has 7 heteroatoms. The summed E-state index contributed by atoms with van der Waals surface area (Å²) in [4.78, 5) is 8.13. The molecule has 2 fully saturated rings. The SMILES string of the molecule is CC(C)(C)c1ccc(N2CC(CNCc3cnc(C4CCCO4)s3)C2)nn1. The van der Waals surface area contributed by atoms with Crippen molar-refractivity contribution >= 4 is 17.2 Å². The van der Waals surface area contributed by atoms with Gasteiger partial charge in [-0.1, -0.05) is 20.8 Å². The smallest absolute Gasteiger partial charge is 0.151 e. The minimum absolute atomic E-state index is 0.0489. The van der Waals surface area contributed by atoms with Gasteiger partial charge in [-0.2, -0.15) is 5.10 Å². The molecule has 27 heavy (non-hydrogen) atoms. The van der Waals surface area contributed by atoms with Crippen LogP contribution in [-0.2, 0) is 16.7 Å². The van der Waals surface area contributed by atoms with Crippen LogP contribution in [0.3, 0.4) is 0 Å². The second kappa shape index (κ2) is 7.81. The predicted molar refractivity (Wildman–Crippen MR) is 108 cm³/mol. The molecule has 0 amide bonds. The first-order valence-corrected chi connectivity index (χ1v) is 10.7. The molecule has 4 heterocycles. The Balaban J connectivity index is 1.19. The van der Waals surface area contributed by atoms with E-state index in [4.69, 9.17) is 4.74 Å². The minimum Gasteiger partial charge on any atom is -0.371 e. The molecule has 0 saturated carbocycles. The molecule has 146 valence electrons. The Morgan fingerprint density at radius 3 is 2.78 bits per heavy atom. The first-order valence-electron chi connectivity index (χ1n) is 9.85. The second-order valence-electron chi connectivity index (χ2n) is 8.60. The molecule has 1 unspecified atom stereocenters. The van der Waals surface area contributed by atoms with Crippen LogP contribution in [0.1, 0.15) is 55.3 Å². The zero-order valence-electron chi connectivity index (χ0n) is 16.4. The fourth-order valence-corrected chi connectivity index (χ4v) is 4.48.